The van der Waals surface area contributed by atoms with Crippen LogP contribution >= 0.6 is 0 Å². The van der Waals surface area contributed by atoms with Gasteiger partial charge in [0.2, 0.25) is 0 Å². The van der Waals surface area contributed by atoms with E-state index in [1.54, 1.807) is 48.5 Å². The van der Waals surface area contributed by atoms with Crippen molar-refractivity contribution in [3.8, 4) is 5.75 Å². The van der Waals surface area contributed by atoms with Crippen molar-refractivity contribution >= 4 is 15.8 Å². The van der Waals surface area contributed by atoms with E-state index in [9.17, 15) is 48.2 Å². The molecule has 21 nitrogen and oxygen atoms in total. The molecule has 0 radical (unpaired) electrons. The molecule has 0 bridgehead atoms. The molecule has 0 spiro atoms. The van der Waals surface area contributed by atoms with Crippen LogP contribution in [-0.4, -0.2) is 220 Å². The zero-order valence-corrected chi connectivity index (χ0v) is 47.2. The zero-order chi connectivity index (χ0) is 56.1. The van der Waals surface area contributed by atoms with Crippen LogP contribution in [0.2, 0.25) is 0 Å². The number of alkyl halides is 1. The number of cyclic esters (lactones) is 1. The number of carbonyl (C=O) groups is 1. The number of ether oxygens (including phenoxy) is 7. The third-order valence-corrected chi connectivity index (χ3v) is 17.1. The Morgan fingerprint density at radius 1 is 0.987 bits per heavy atom. The van der Waals surface area contributed by atoms with Crippen LogP contribution in [0.15, 0.2) is 35.4 Å². The lowest BCUT2D eigenvalue weighted by Gasteiger charge is -2.49. The van der Waals surface area contributed by atoms with Gasteiger partial charge in [0.25, 0.3) is 0 Å². The zero-order valence-electron chi connectivity index (χ0n) is 46.4. The van der Waals surface area contributed by atoms with Crippen molar-refractivity contribution < 1.29 is 81.4 Å². The summed E-state index contributed by atoms with van der Waals surface area (Å²) in [5.74, 6) is -2.68. The van der Waals surface area contributed by atoms with Crippen molar-refractivity contribution in [2.45, 2.75) is 209 Å². The van der Waals surface area contributed by atoms with Gasteiger partial charge in [-0.3, -0.25) is 4.79 Å². The average Bonchev–Trinajstić information content (AvgIpc) is 3.81. The fourth-order valence-corrected chi connectivity index (χ4v) is 11.8. The van der Waals surface area contributed by atoms with Crippen LogP contribution in [0.4, 0.5) is 4.39 Å². The first-order chi connectivity index (χ1) is 34.9. The van der Waals surface area contributed by atoms with Gasteiger partial charge in [-0.1, -0.05) is 26.0 Å². The van der Waals surface area contributed by atoms with Crippen LogP contribution < -0.4 is 4.74 Å². The van der Waals surface area contributed by atoms with Crippen molar-refractivity contribution in [3.05, 3.63) is 36.2 Å². The second-order valence-electron chi connectivity index (χ2n) is 22.5. The number of aliphatic hydroxyl groups is 6. The van der Waals surface area contributed by atoms with E-state index >= 15 is 0 Å². The van der Waals surface area contributed by atoms with Gasteiger partial charge >= 0.3 is 5.97 Å². The van der Waals surface area contributed by atoms with Gasteiger partial charge < -0.3 is 73.6 Å². The molecule has 2 aromatic rings. The number of methoxy groups -OCH3 is 1. The number of benzene rings is 1. The van der Waals surface area contributed by atoms with Gasteiger partial charge in [0.15, 0.2) is 22.4 Å². The second kappa shape index (κ2) is 25.8. The molecule has 3 aliphatic rings. The molecule has 23 heteroatoms. The monoisotopic (exact) mass is 1090 g/mol. The lowest BCUT2D eigenvalue weighted by molar-refractivity contribution is -0.318. The molecule has 0 saturated carbocycles. The number of hydrogen-bond donors (Lipinski definition) is 6. The van der Waals surface area contributed by atoms with E-state index in [2.05, 4.69) is 10.3 Å². The van der Waals surface area contributed by atoms with E-state index in [0.717, 1.165) is 6.26 Å². The maximum atomic E-state index is 14.5. The van der Waals surface area contributed by atoms with Gasteiger partial charge in [-0.2, -0.15) is 0 Å². The summed E-state index contributed by atoms with van der Waals surface area (Å²) in [5, 5.41) is 78.9. The van der Waals surface area contributed by atoms with E-state index < -0.39 is 137 Å². The van der Waals surface area contributed by atoms with E-state index in [-0.39, 0.29) is 36.7 Å². The highest BCUT2D eigenvalue weighted by Crippen LogP contribution is 2.40. The Bertz CT molecular complexity index is 2230. The van der Waals surface area contributed by atoms with E-state index in [1.807, 2.05) is 37.7 Å². The molecule has 1 aromatic carbocycles. The first kappa shape index (κ1) is 62.8. The number of hydrogen-bond acceptors (Lipinski definition) is 20. The summed E-state index contributed by atoms with van der Waals surface area (Å²) in [6, 6.07) is 3.37. The standard InChI is InChI=1S/C52H88FN5O16S/c1-15-41-52(10,65)45(61)33(6)57(12)26-29(2)23-50(8,64)47(31(4)44(32(5)48(63)72-41)73-42-24-51(9,68-13)46(62)34(7)71-42)74-49-43(60)38(22-30(3)70-49)56(11)21-20-35-27-58(55-54-35)39(25-53)40(59)28-69-36-16-18-37(19-17-36)75(14,66)67/h16-19,27,29-34,38-47,49,59-62,64-65H,15,20-26,28H2,1-14H3/t29-,30-,31+,32-,33-,34+,38+,39-,40-,41-,42+,43-,44+,45-,46+,47-,49+,50-,51-,52-/m1/s1. The summed E-state index contributed by atoms with van der Waals surface area (Å²) in [6.45, 7) is 16.6. The number of aromatic nitrogens is 3. The number of halogens is 1. The smallest absolute Gasteiger partial charge is 0.311 e. The minimum Gasteiger partial charge on any atom is -0.491 e. The number of sulfone groups is 1. The summed E-state index contributed by atoms with van der Waals surface area (Å²) in [4.78, 5) is 18.4. The van der Waals surface area contributed by atoms with Gasteiger partial charge in [-0.15, -0.1) is 5.10 Å². The highest BCUT2D eigenvalue weighted by Gasteiger charge is 2.53. The van der Waals surface area contributed by atoms with E-state index in [1.165, 1.54) is 49.2 Å². The Morgan fingerprint density at radius 3 is 2.24 bits per heavy atom. The Labute approximate surface area is 442 Å². The van der Waals surface area contributed by atoms with Crippen molar-refractivity contribution in [3.63, 3.8) is 0 Å². The molecule has 0 unspecified atom stereocenters. The minimum absolute atomic E-state index is 0.0639. The molecule has 4 heterocycles. The van der Waals surface area contributed by atoms with Crippen molar-refractivity contribution in [2.24, 2.45) is 17.8 Å². The summed E-state index contributed by atoms with van der Waals surface area (Å²) < 4.78 is 83.1. The van der Waals surface area contributed by atoms with Crippen molar-refractivity contribution in [1.29, 1.82) is 0 Å². The molecule has 3 saturated heterocycles. The van der Waals surface area contributed by atoms with Crippen LogP contribution in [-0.2, 0) is 49.5 Å². The largest absolute Gasteiger partial charge is 0.491 e. The lowest BCUT2D eigenvalue weighted by atomic mass is 9.77. The molecule has 1 aromatic heterocycles. The highest BCUT2D eigenvalue weighted by molar-refractivity contribution is 7.90. The van der Waals surface area contributed by atoms with Crippen LogP contribution in [0.5, 0.6) is 5.75 Å². The summed E-state index contributed by atoms with van der Waals surface area (Å²) in [7, 11) is 1.70. The van der Waals surface area contributed by atoms with Gasteiger partial charge in [-0.25, -0.2) is 17.5 Å². The molecule has 75 heavy (non-hydrogen) atoms. The molecule has 5 rings (SSSR count). The predicted octanol–water partition coefficient (Wildman–Crippen LogP) is 2.46. The van der Waals surface area contributed by atoms with Crippen LogP contribution in [0.25, 0.3) is 0 Å². The van der Waals surface area contributed by atoms with Gasteiger partial charge in [0.1, 0.15) is 61.2 Å². The normalized spacial score (nSPS) is 39.1. The van der Waals surface area contributed by atoms with E-state index in [4.69, 9.17) is 33.2 Å². The molecule has 3 aliphatic heterocycles. The average molecular weight is 1090 g/mol. The number of nitrogens with zero attached hydrogens (tertiary/aromatic N) is 5. The minimum atomic E-state index is -3.42. The number of likely N-dealkylation sites (N-methyl/N-ethyl adjacent to an activating group) is 2. The van der Waals surface area contributed by atoms with Crippen molar-refractivity contribution in [2.75, 3.05) is 53.8 Å². The molecular weight excluding hydrogens is 1000 g/mol. The topological polar surface area (TPSA) is 274 Å². The summed E-state index contributed by atoms with van der Waals surface area (Å²) >= 11 is 0. The second-order valence-corrected chi connectivity index (χ2v) is 24.5. The lowest BCUT2D eigenvalue weighted by Crippen LogP contribution is -2.61. The van der Waals surface area contributed by atoms with Crippen LogP contribution in [0.3, 0.4) is 0 Å². The number of carbonyl (C=O) groups excluding carboxylic acids is 1. The fourth-order valence-electron chi connectivity index (χ4n) is 11.1. The maximum absolute atomic E-state index is 14.5. The quantitative estimate of drug-likeness (QED) is 0.124. The fraction of sp³-hybridized carbons (Fsp3) is 0.827. The number of rotatable bonds is 17. The Kier molecular flexibility index (Phi) is 21.7. The Balaban J connectivity index is 1.40. The van der Waals surface area contributed by atoms with Gasteiger partial charge in [-0.05, 0) is 112 Å². The molecule has 6 N–H and O–H groups in total. The van der Waals surface area contributed by atoms with Crippen LogP contribution in [0.1, 0.15) is 107 Å². The molecule has 430 valence electrons. The third-order valence-electron chi connectivity index (χ3n) is 16.0. The summed E-state index contributed by atoms with van der Waals surface area (Å²) in [5.41, 5.74) is -4.17. The van der Waals surface area contributed by atoms with Crippen LogP contribution in [0, 0.1) is 17.8 Å². The van der Waals surface area contributed by atoms with Gasteiger partial charge in [0, 0.05) is 63.5 Å². The highest BCUT2D eigenvalue weighted by atomic mass is 32.2. The Morgan fingerprint density at radius 2 is 1.64 bits per heavy atom. The maximum Gasteiger partial charge on any atom is 0.311 e. The number of aliphatic hydroxyl groups excluding tert-OH is 4. The predicted molar refractivity (Wildman–Crippen MR) is 273 cm³/mol. The first-order valence-electron chi connectivity index (χ1n) is 26.2. The number of esters is 1. The SMILES string of the molecule is CC[C@H]1OC(=O)[C@H](C)[C@@H](O[C@H]2C[C@@](C)(OC)[C@@H](O)[C@H](C)O2)[C@H](C)[C@@H](O[C@@H]2O[C@H](C)C[C@H](N(C)CCc3cn([C@H](CF)[C@H](O)COc4ccc(S(C)(=O)=O)cc4)nn3)[C@H]2O)[C@](C)(O)C[C@@H](C)CN(C)[C@H](C)[C@@H](O)[C@]1(C)O. The molecular formula is C52H88FN5O16S. The molecule has 0 amide bonds. The molecule has 20 atom stereocenters. The molecule has 3 fully saturated rings. The van der Waals surface area contributed by atoms with E-state index in [0.29, 0.717) is 37.4 Å². The Hall–Kier alpha value is -3.01. The first-order valence-corrected chi connectivity index (χ1v) is 28.1. The van der Waals surface area contributed by atoms with Crippen molar-refractivity contribution in [1.82, 2.24) is 24.8 Å². The van der Waals surface area contributed by atoms with Gasteiger partial charge in [0.05, 0.1) is 52.1 Å². The third kappa shape index (κ3) is 15.2. The molecule has 0 aliphatic carbocycles. The summed E-state index contributed by atoms with van der Waals surface area (Å²) in [6.07, 6.45) is -8.25.